The van der Waals surface area contributed by atoms with Crippen molar-refractivity contribution in [1.29, 1.82) is 0 Å². The van der Waals surface area contributed by atoms with Crippen LogP contribution in [0.5, 0.6) is 0 Å². The maximum atomic E-state index is 11.5. The number of esters is 1. The molecule has 1 saturated heterocycles. The van der Waals surface area contributed by atoms with Crippen LogP contribution in [0.2, 0.25) is 0 Å². The molecule has 0 amide bonds. The second kappa shape index (κ2) is 5.28. The lowest BCUT2D eigenvalue weighted by Gasteiger charge is -2.24. The normalized spacial score (nSPS) is 30.1. The standard InChI is InChI=1S/C13H19N3O3/c1-2-18-13(17)11-15-12(19-16-11)10-7-8-5-3-4-6-9(8)14-10/h8-10,14H,2-7H2,1H3. The Hall–Kier alpha value is -1.43. The summed E-state index contributed by atoms with van der Waals surface area (Å²) in [6.07, 6.45) is 6.12. The molecular weight excluding hydrogens is 246 g/mol. The van der Waals surface area contributed by atoms with Gasteiger partial charge in [0.2, 0.25) is 5.89 Å². The molecule has 1 aromatic rings. The molecule has 0 spiro atoms. The first-order valence-electron chi connectivity index (χ1n) is 7.04. The molecule has 1 aliphatic heterocycles. The van der Waals surface area contributed by atoms with Crippen LogP contribution in [0.15, 0.2) is 4.52 Å². The van der Waals surface area contributed by atoms with E-state index in [1.165, 1.54) is 25.7 Å². The molecule has 2 aliphatic rings. The summed E-state index contributed by atoms with van der Waals surface area (Å²) in [5, 5.41) is 7.24. The first-order valence-corrected chi connectivity index (χ1v) is 7.04. The second-order valence-electron chi connectivity index (χ2n) is 5.28. The zero-order valence-electron chi connectivity index (χ0n) is 11.1. The molecule has 0 bridgehead atoms. The van der Waals surface area contributed by atoms with E-state index in [0.717, 1.165) is 6.42 Å². The Morgan fingerprint density at radius 2 is 2.32 bits per heavy atom. The molecule has 6 nitrogen and oxygen atoms in total. The summed E-state index contributed by atoms with van der Waals surface area (Å²) in [5.41, 5.74) is 0. The van der Waals surface area contributed by atoms with Crippen molar-refractivity contribution in [2.75, 3.05) is 6.61 Å². The van der Waals surface area contributed by atoms with Crippen molar-refractivity contribution in [3.05, 3.63) is 11.7 Å². The topological polar surface area (TPSA) is 77.2 Å². The molecule has 0 radical (unpaired) electrons. The number of nitrogens with one attached hydrogen (secondary N) is 1. The highest BCUT2D eigenvalue weighted by molar-refractivity contribution is 5.84. The average molecular weight is 265 g/mol. The Balaban J connectivity index is 1.68. The Morgan fingerprint density at radius 3 is 3.11 bits per heavy atom. The Bertz CT molecular complexity index is 446. The number of ether oxygens (including phenoxy) is 1. The van der Waals surface area contributed by atoms with Gasteiger partial charge in [0.05, 0.1) is 12.6 Å². The van der Waals surface area contributed by atoms with Crippen LogP contribution in [0.4, 0.5) is 0 Å². The SMILES string of the molecule is CCOC(=O)c1noc(C2CC3CCCCC3N2)n1. The number of rotatable bonds is 3. The summed E-state index contributed by atoms with van der Waals surface area (Å²) in [6.45, 7) is 2.07. The van der Waals surface area contributed by atoms with Gasteiger partial charge in [-0.05, 0) is 37.3 Å². The number of aromatic nitrogens is 2. The molecule has 0 aromatic carbocycles. The summed E-state index contributed by atoms with van der Waals surface area (Å²) >= 11 is 0. The van der Waals surface area contributed by atoms with Crippen molar-refractivity contribution in [3.8, 4) is 0 Å². The Kier molecular flexibility index (Phi) is 3.50. The van der Waals surface area contributed by atoms with E-state index in [1.54, 1.807) is 6.92 Å². The molecule has 104 valence electrons. The van der Waals surface area contributed by atoms with Gasteiger partial charge in [0.25, 0.3) is 5.82 Å². The average Bonchev–Trinajstić information content (AvgIpc) is 3.05. The second-order valence-corrected chi connectivity index (χ2v) is 5.28. The van der Waals surface area contributed by atoms with Gasteiger partial charge in [-0.1, -0.05) is 12.8 Å². The van der Waals surface area contributed by atoms with Gasteiger partial charge in [-0.15, -0.1) is 0 Å². The van der Waals surface area contributed by atoms with Crippen LogP contribution in [0.25, 0.3) is 0 Å². The monoisotopic (exact) mass is 265 g/mol. The van der Waals surface area contributed by atoms with Gasteiger partial charge >= 0.3 is 5.97 Å². The molecule has 1 aromatic heterocycles. The minimum absolute atomic E-state index is 0.0218. The van der Waals surface area contributed by atoms with Crippen LogP contribution >= 0.6 is 0 Å². The highest BCUT2D eigenvalue weighted by Gasteiger charge is 2.38. The molecular formula is C13H19N3O3. The number of nitrogens with zero attached hydrogens (tertiary/aromatic N) is 2. The van der Waals surface area contributed by atoms with E-state index in [9.17, 15) is 4.79 Å². The fourth-order valence-corrected chi connectivity index (χ4v) is 3.17. The molecule has 3 rings (SSSR count). The highest BCUT2D eigenvalue weighted by Crippen LogP contribution is 2.38. The zero-order valence-corrected chi connectivity index (χ0v) is 11.1. The molecule has 2 heterocycles. The summed E-state index contributed by atoms with van der Waals surface area (Å²) in [7, 11) is 0. The molecule has 3 atom stereocenters. The van der Waals surface area contributed by atoms with Gasteiger partial charge in [-0.25, -0.2) is 4.79 Å². The predicted molar refractivity (Wildman–Crippen MR) is 66.5 cm³/mol. The fraction of sp³-hybridized carbons (Fsp3) is 0.769. The Morgan fingerprint density at radius 1 is 1.47 bits per heavy atom. The molecule has 1 saturated carbocycles. The molecule has 19 heavy (non-hydrogen) atoms. The molecule has 1 N–H and O–H groups in total. The van der Waals surface area contributed by atoms with Crippen molar-refractivity contribution in [3.63, 3.8) is 0 Å². The quantitative estimate of drug-likeness (QED) is 0.840. The van der Waals surface area contributed by atoms with E-state index >= 15 is 0 Å². The fourth-order valence-electron chi connectivity index (χ4n) is 3.17. The lowest BCUT2D eigenvalue weighted by atomic mass is 9.85. The third kappa shape index (κ3) is 2.49. The molecule has 1 aliphatic carbocycles. The van der Waals surface area contributed by atoms with Gasteiger partial charge in [-0.2, -0.15) is 4.98 Å². The van der Waals surface area contributed by atoms with Gasteiger partial charge < -0.3 is 14.6 Å². The van der Waals surface area contributed by atoms with Crippen LogP contribution < -0.4 is 5.32 Å². The number of hydrogen-bond acceptors (Lipinski definition) is 6. The van der Waals surface area contributed by atoms with Crippen LogP contribution in [-0.4, -0.2) is 28.8 Å². The maximum absolute atomic E-state index is 11.5. The zero-order chi connectivity index (χ0) is 13.2. The third-order valence-corrected chi connectivity index (χ3v) is 4.06. The minimum atomic E-state index is -0.520. The summed E-state index contributed by atoms with van der Waals surface area (Å²) in [5.74, 6) is 0.718. The number of carbonyl (C=O) groups is 1. The summed E-state index contributed by atoms with van der Waals surface area (Å²) in [4.78, 5) is 15.7. The van der Waals surface area contributed by atoms with E-state index in [4.69, 9.17) is 9.26 Å². The van der Waals surface area contributed by atoms with E-state index in [-0.39, 0.29) is 11.9 Å². The van der Waals surface area contributed by atoms with E-state index in [1.807, 2.05) is 0 Å². The van der Waals surface area contributed by atoms with Crippen molar-refractivity contribution in [1.82, 2.24) is 15.5 Å². The highest BCUT2D eigenvalue weighted by atomic mass is 16.5. The lowest BCUT2D eigenvalue weighted by molar-refractivity contribution is 0.0508. The van der Waals surface area contributed by atoms with E-state index in [2.05, 4.69) is 15.5 Å². The van der Waals surface area contributed by atoms with Gasteiger partial charge in [0.1, 0.15) is 0 Å². The smallest absolute Gasteiger partial charge is 0.379 e. The predicted octanol–water partition coefficient (Wildman–Crippen LogP) is 1.84. The summed E-state index contributed by atoms with van der Waals surface area (Å²) < 4.78 is 10.1. The first-order chi connectivity index (χ1) is 9.28. The van der Waals surface area contributed by atoms with Gasteiger partial charge in [-0.3, -0.25) is 0 Å². The third-order valence-electron chi connectivity index (χ3n) is 4.06. The van der Waals surface area contributed by atoms with Crippen LogP contribution in [-0.2, 0) is 4.74 Å². The number of carbonyl (C=O) groups excluding carboxylic acids is 1. The largest absolute Gasteiger partial charge is 0.460 e. The van der Waals surface area contributed by atoms with Gasteiger partial charge in [0, 0.05) is 6.04 Å². The lowest BCUT2D eigenvalue weighted by Crippen LogP contribution is -2.30. The van der Waals surface area contributed by atoms with Crippen molar-refractivity contribution < 1.29 is 14.1 Å². The summed E-state index contributed by atoms with van der Waals surface area (Å²) in [6, 6.07) is 0.653. The molecule has 6 heteroatoms. The molecule has 2 fully saturated rings. The van der Waals surface area contributed by atoms with Crippen LogP contribution in [0, 0.1) is 5.92 Å². The van der Waals surface area contributed by atoms with Gasteiger partial charge in [0.15, 0.2) is 0 Å². The molecule has 3 unspecified atom stereocenters. The number of hydrogen-bond donors (Lipinski definition) is 1. The number of fused-ring (bicyclic) bond motifs is 1. The van der Waals surface area contributed by atoms with E-state index in [0.29, 0.717) is 24.5 Å². The van der Waals surface area contributed by atoms with Crippen molar-refractivity contribution in [2.24, 2.45) is 5.92 Å². The van der Waals surface area contributed by atoms with E-state index < -0.39 is 5.97 Å². The van der Waals surface area contributed by atoms with Crippen LogP contribution in [0.1, 0.15) is 61.6 Å². The van der Waals surface area contributed by atoms with Crippen molar-refractivity contribution in [2.45, 2.75) is 51.1 Å². The van der Waals surface area contributed by atoms with Crippen molar-refractivity contribution >= 4 is 5.97 Å². The minimum Gasteiger partial charge on any atom is -0.460 e. The maximum Gasteiger partial charge on any atom is 0.379 e. The van der Waals surface area contributed by atoms with Crippen LogP contribution in [0.3, 0.4) is 0 Å². The Labute approximate surface area is 111 Å². The first kappa shape index (κ1) is 12.6.